The fourth-order valence-electron chi connectivity index (χ4n) is 2.37. The van der Waals surface area contributed by atoms with Crippen molar-refractivity contribution >= 4 is 50.9 Å². The van der Waals surface area contributed by atoms with Crippen LogP contribution in [0.2, 0.25) is 0 Å². The summed E-state index contributed by atoms with van der Waals surface area (Å²) in [5.41, 5.74) is -0.201. The fourth-order valence-corrected chi connectivity index (χ4v) is 2.73. The Balaban J connectivity index is 1.94. The molecule has 25 heavy (non-hydrogen) atoms. The van der Waals surface area contributed by atoms with Crippen LogP contribution in [0.1, 0.15) is 10.5 Å². The van der Waals surface area contributed by atoms with Gasteiger partial charge in [-0.1, -0.05) is 18.2 Å². The largest absolute Gasteiger partial charge is 0.476 e. The zero-order chi connectivity index (χ0) is 18.0. The summed E-state index contributed by atoms with van der Waals surface area (Å²) >= 11 is 2.15. The van der Waals surface area contributed by atoms with Crippen molar-refractivity contribution in [1.82, 2.24) is 9.78 Å². The van der Waals surface area contributed by atoms with E-state index >= 15 is 0 Å². The third-order valence-corrected chi connectivity index (χ3v) is 4.21. The number of carboxylic acid groups (broad SMARTS) is 1. The molecule has 1 aromatic heterocycles. The first-order valence-electron chi connectivity index (χ1n) is 7.24. The lowest BCUT2D eigenvalue weighted by molar-refractivity contribution is -0.117. The van der Waals surface area contributed by atoms with Crippen molar-refractivity contribution < 1.29 is 14.7 Å². The van der Waals surface area contributed by atoms with Gasteiger partial charge in [-0.15, -0.1) is 0 Å². The van der Waals surface area contributed by atoms with Crippen LogP contribution in [-0.2, 0) is 11.3 Å². The number of aromatic carboxylic acids is 1. The lowest BCUT2D eigenvalue weighted by atomic mass is 10.1. The van der Waals surface area contributed by atoms with Crippen LogP contribution in [0.4, 0.5) is 5.69 Å². The van der Waals surface area contributed by atoms with Gasteiger partial charge in [0.1, 0.15) is 6.54 Å². The Bertz CT molecular complexity index is 1030. The summed E-state index contributed by atoms with van der Waals surface area (Å²) in [7, 11) is 0. The predicted molar refractivity (Wildman–Crippen MR) is 101 cm³/mol. The minimum Gasteiger partial charge on any atom is -0.476 e. The molecule has 0 unspecified atom stereocenters. The molecule has 0 aliphatic carbocycles. The Morgan fingerprint density at radius 3 is 2.36 bits per heavy atom. The normalized spacial score (nSPS) is 10.6. The quantitative estimate of drug-likeness (QED) is 0.596. The molecule has 0 saturated heterocycles. The molecule has 0 aliphatic heterocycles. The van der Waals surface area contributed by atoms with E-state index in [1.165, 1.54) is 12.1 Å². The Morgan fingerprint density at radius 2 is 1.72 bits per heavy atom. The van der Waals surface area contributed by atoms with Crippen molar-refractivity contribution in [3.05, 3.63) is 68.1 Å². The maximum absolute atomic E-state index is 12.5. The maximum atomic E-state index is 12.5. The summed E-state index contributed by atoms with van der Waals surface area (Å²) in [5, 5.41) is 16.3. The van der Waals surface area contributed by atoms with Crippen molar-refractivity contribution in [2.75, 3.05) is 5.32 Å². The molecular formula is C17H12IN3O4. The molecule has 2 N–H and O–H groups in total. The van der Waals surface area contributed by atoms with E-state index in [0.717, 1.165) is 8.25 Å². The Morgan fingerprint density at radius 1 is 1.08 bits per heavy atom. The minimum atomic E-state index is -1.26. The van der Waals surface area contributed by atoms with Gasteiger partial charge in [-0.05, 0) is 52.9 Å². The number of hydrogen-bond acceptors (Lipinski definition) is 4. The second kappa shape index (κ2) is 7.01. The van der Waals surface area contributed by atoms with Gasteiger partial charge in [0.25, 0.3) is 5.56 Å². The van der Waals surface area contributed by atoms with E-state index in [1.54, 1.807) is 24.3 Å². The van der Waals surface area contributed by atoms with Gasteiger partial charge in [0, 0.05) is 14.6 Å². The molecule has 3 rings (SSSR count). The first-order valence-corrected chi connectivity index (χ1v) is 8.32. The highest BCUT2D eigenvalue weighted by atomic mass is 127. The molecule has 8 heteroatoms. The molecule has 0 saturated carbocycles. The molecule has 7 nitrogen and oxygen atoms in total. The van der Waals surface area contributed by atoms with Crippen molar-refractivity contribution in [3.8, 4) is 0 Å². The van der Waals surface area contributed by atoms with Crippen molar-refractivity contribution in [2.45, 2.75) is 6.54 Å². The summed E-state index contributed by atoms with van der Waals surface area (Å²) in [5.74, 6) is -1.73. The number of hydrogen-bond donors (Lipinski definition) is 2. The summed E-state index contributed by atoms with van der Waals surface area (Å²) in [6.07, 6.45) is 0. The second-order valence-corrected chi connectivity index (χ2v) is 6.46. The summed E-state index contributed by atoms with van der Waals surface area (Å²) in [4.78, 5) is 36.0. The number of fused-ring (bicyclic) bond motifs is 1. The van der Waals surface area contributed by atoms with Gasteiger partial charge in [-0.25, -0.2) is 9.48 Å². The van der Waals surface area contributed by atoms with Gasteiger partial charge in [-0.2, -0.15) is 5.10 Å². The SMILES string of the molecule is O=C(Cn1nc(C(=O)O)c2ccccc2c1=O)Nc1ccc(I)cc1. The highest BCUT2D eigenvalue weighted by molar-refractivity contribution is 14.1. The standard InChI is InChI=1S/C17H12IN3O4/c18-10-5-7-11(8-6-10)19-14(22)9-21-16(23)13-4-2-1-3-12(13)15(20-21)17(24)25/h1-8H,9H2,(H,19,22)(H,24,25). The highest BCUT2D eigenvalue weighted by Gasteiger charge is 2.17. The molecule has 0 radical (unpaired) electrons. The molecule has 0 bridgehead atoms. The molecule has 1 heterocycles. The molecule has 0 fully saturated rings. The highest BCUT2D eigenvalue weighted by Crippen LogP contribution is 2.14. The van der Waals surface area contributed by atoms with Gasteiger partial charge in [-0.3, -0.25) is 9.59 Å². The monoisotopic (exact) mass is 449 g/mol. The third-order valence-electron chi connectivity index (χ3n) is 3.49. The third kappa shape index (κ3) is 3.68. The van der Waals surface area contributed by atoms with Crippen LogP contribution >= 0.6 is 22.6 Å². The van der Waals surface area contributed by atoms with E-state index in [0.29, 0.717) is 5.69 Å². The molecular weight excluding hydrogens is 437 g/mol. The number of amides is 1. The van der Waals surface area contributed by atoms with Crippen LogP contribution in [0.15, 0.2) is 53.3 Å². The lowest BCUT2D eigenvalue weighted by Crippen LogP contribution is -2.31. The minimum absolute atomic E-state index is 0.206. The van der Waals surface area contributed by atoms with E-state index in [1.807, 2.05) is 12.1 Å². The average molecular weight is 449 g/mol. The van der Waals surface area contributed by atoms with Gasteiger partial charge < -0.3 is 10.4 Å². The second-order valence-electron chi connectivity index (χ2n) is 5.22. The Labute approximate surface area is 155 Å². The molecule has 1 amide bonds. The van der Waals surface area contributed by atoms with Crippen LogP contribution < -0.4 is 10.9 Å². The Hall–Kier alpha value is -2.75. The van der Waals surface area contributed by atoms with Gasteiger partial charge in [0.15, 0.2) is 5.69 Å². The van der Waals surface area contributed by atoms with E-state index in [9.17, 15) is 19.5 Å². The first kappa shape index (κ1) is 17.1. The van der Waals surface area contributed by atoms with Crippen LogP contribution in [0.25, 0.3) is 10.8 Å². The summed E-state index contributed by atoms with van der Waals surface area (Å²) in [6.45, 7) is -0.379. The lowest BCUT2D eigenvalue weighted by Gasteiger charge is -2.09. The van der Waals surface area contributed by atoms with E-state index < -0.39 is 17.4 Å². The number of nitrogens with one attached hydrogen (secondary N) is 1. The van der Waals surface area contributed by atoms with Crippen molar-refractivity contribution in [1.29, 1.82) is 0 Å². The molecule has 0 atom stereocenters. The van der Waals surface area contributed by atoms with Crippen LogP contribution in [0, 0.1) is 3.57 Å². The van der Waals surface area contributed by atoms with Gasteiger partial charge >= 0.3 is 5.97 Å². The number of anilines is 1. The molecule has 0 spiro atoms. The zero-order valence-electron chi connectivity index (χ0n) is 12.8. The van der Waals surface area contributed by atoms with Crippen LogP contribution in [0.3, 0.4) is 0 Å². The molecule has 126 valence electrons. The van der Waals surface area contributed by atoms with Crippen molar-refractivity contribution in [3.63, 3.8) is 0 Å². The van der Waals surface area contributed by atoms with Crippen LogP contribution in [-0.4, -0.2) is 26.8 Å². The maximum Gasteiger partial charge on any atom is 0.357 e. The molecule has 2 aromatic carbocycles. The fraction of sp³-hybridized carbons (Fsp3) is 0.0588. The van der Waals surface area contributed by atoms with E-state index in [-0.39, 0.29) is 23.0 Å². The van der Waals surface area contributed by atoms with Crippen LogP contribution in [0.5, 0.6) is 0 Å². The number of rotatable bonds is 4. The topological polar surface area (TPSA) is 101 Å². The smallest absolute Gasteiger partial charge is 0.357 e. The summed E-state index contributed by atoms with van der Waals surface area (Å²) in [6, 6.07) is 13.4. The Kier molecular flexibility index (Phi) is 4.79. The molecule has 0 aliphatic rings. The molecule has 3 aromatic rings. The summed E-state index contributed by atoms with van der Waals surface area (Å²) < 4.78 is 1.89. The van der Waals surface area contributed by atoms with E-state index in [4.69, 9.17) is 0 Å². The number of aromatic nitrogens is 2. The number of halogens is 1. The predicted octanol–water partition coefficient (Wildman–Crippen LogP) is 2.34. The van der Waals surface area contributed by atoms with E-state index in [2.05, 4.69) is 33.0 Å². The number of benzene rings is 2. The average Bonchev–Trinajstić information content (AvgIpc) is 2.59. The number of nitrogens with zero attached hydrogens (tertiary/aromatic N) is 2. The number of carboxylic acids is 1. The van der Waals surface area contributed by atoms with Gasteiger partial charge in [0.05, 0.1) is 5.39 Å². The van der Waals surface area contributed by atoms with Gasteiger partial charge in [0.2, 0.25) is 5.91 Å². The number of carbonyl (C=O) groups is 2. The first-order chi connectivity index (χ1) is 12.0. The number of carbonyl (C=O) groups excluding carboxylic acids is 1. The van der Waals surface area contributed by atoms with Crippen molar-refractivity contribution in [2.24, 2.45) is 0 Å². The zero-order valence-corrected chi connectivity index (χ0v) is 14.9.